The van der Waals surface area contributed by atoms with E-state index in [1.165, 1.54) is 6.92 Å². The van der Waals surface area contributed by atoms with Gasteiger partial charge < -0.3 is 5.32 Å². The van der Waals surface area contributed by atoms with E-state index in [9.17, 15) is 9.59 Å². The van der Waals surface area contributed by atoms with E-state index in [1.54, 1.807) is 0 Å². The molecule has 0 aliphatic heterocycles. The molecule has 2 atom stereocenters. The molecule has 3 nitrogen and oxygen atoms in total. The van der Waals surface area contributed by atoms with Gasteiger partial charge in [0.25, 0.3) is 0 Å². The van der Waals surface area contributed by atoms with Crippen molar-refractivity contribution in [3.63, 3.8) is 0 Å². The lowest BCUT2D eigenvalue weighted by atomic mass is 9.89. The number of nitrogens with one attached hydrogen (secondary N) is 1. The van der Waals surface area contributed by atoms with Crippen molar-refractivity contribution >= 4 is 25.2 Å². The summed E-state index contributed by atoms with van der Waals surface area (Å²) in [4.78, 5) is 22.7. The summed E-state index contributed by atoms with van der Waals surface area (Å²) in [5, 5.41) is 2.88. The number of carbonyl (C=O) groups is 2. The molecule has 1 amide bonds. The molecule has 0 bridgehead atoms. The van der Waals surface area contributed by atoms with Crippen molar-refractivity contribution in [2.45, 2.75) is 52.0 Å². The number of carbonyl (C=O) groups excluding carboxylic acids is 2. The summed E-state index contributed by atoms with van der Waals surface area (Å²) in [6.07, 6.45) is 4.67. The predicted molar refractivity (Wildman–Crippen MR) is 65.2 cm³/mol. The third-order valence-corrected chi connectivity index (χ3v) is 3.44. The molecule has 2 aliphatic rings. The molecular weight excluding hydrogens is 210 g/mol. The molecule has 15 heavy (non-hydrogen) atoms. The van der Waals surface area contributed by atoms with Crippen LogP contribution in [0.2, 0.25) is 0 Å². The quantitative estimate of drug-likeness (QED) is 0.747. The zero-order valence-electron chi connectivity index (χ0n) is 8.43. The van der Waals surface area contributed by atoms with Crippen LogP contribution >= 0.6 is 13.5 Å². The smallest absolute Gasteiger partial charge is 0.217 e. The SMILES string of the molecule is C.CC(=O)N[C@]12CCC[C@H]1CCC2=O.S. The van der Waals surface area contributed by atoms with Crippen LogP contribution in [-0.2, 0) is 9.59 Å². The largest absolute Gasteiger partial charge is 0.344 e. The Labute approximate surface area is 98.4 Å². The molecule has 2 fully saturated rings. The Bertz CT molecular complexity index is 267. The van der Waals surface area contributed by atoms with Gasteiger partial charge in [-0.3, -0.25) is 9.59 Å². The van der Waals surface area contributed by atoms with Crippen molar-refractivity contribution in [1.29, 1.82) is 0 Å². The van der Waals surface area contributed by atoms with E-state index in [4.69, 9.17) is 0 Å². The first kappa shape index (κ1) is 14.5. The fraction of sp³-hybridized carbons (Fsp3) is 0.818. The zero-order chi connectivity index (χ0) is 9.47. The van der Waals surface area contributed by atoms with E-state index >= 15 is 0 Å². The van der Waals surface area contributed by atoms with Gasteiger partial charge in [0.15, 0.2) is 5.78 Å². The van der Waals surface area contributed by atoms with Gasteiger partial charge in [0, 0.05) is 13.3 Å². The predicted octanol–water partition coefficient (Wildman–Crippen LogP) is 1.77. The van der Waals surface area contributed by atoms with Crippen molar-refractivity contribution in [2.75, 3.05) is 0 Å². The van der Waals surface area contributed by atoms with Gasteiger partial charge in [-0.1, -0.05) is 13.8 Å². The van der Waals surface area contributed by atoms with E-state index in [2.05, 4.69) is 5.32 Å². The second-order valence-electron chi connectivity index (χ2n) is 4.20. The third-order valence-electron chi connectivity index (χ3n) is 3.44. The minimum Gasteiger partial charge on any atom is -0.344 e. The molecular formula is C11H21NO2S. The molecule has 2 rings (SSSR count). The highest BCUT2D eigenvalue weighted by molar-refractivity contribution is 7.59. The first-order valence-corrected chi connectivity index (χ1v) is 4.97. The molecule has 0 spiro atoms. The molecule has 0 aromatic heterocycles. The van der Waals surface area contributed by atoms with E-state index < -0.39 is 5.54 Å². The van der Waals surface area contributed by atoms with Crippen LogP contribution in [0, 0.1) is 5.92 Å². The lowest BCUT2D eigenvalue weighted by Gasteiger charge is -2.28. The van der Waals surface area contributed by atoms with Crippen LogP contribution in [0.25, 0.3) is 0 Å². The maximum atomic E-state index is 11.7. The minimum absolute atomic E-state index is 0. The van der Waals surface area contributed by atoms with E-state index in [0.29, 0.717) is 12.3 Å². The van der Waals surface area contributed by atoms with Crippen molar-refractivity contribution in [3.8, 4) is 0 Å². The Kier molecular flexibility index (Phi) is 4.84. The topological polar surface area (TPSA) is 46.2 Å². The molecule has 0 saturated heterocycles. The summed E-state index contributed by atoms with van der Waals surface area (Å²) in [7, 11) is 0. The normalized spacial score (nSPS) is 32.6. The molecule has 0 aromatic carbocycles. The summed E-state index contributed by atoms with van der Waals surface area (Å²) < 4.78 is 0. The van der Waals surface area contributed by atoms with Crippen molar-refractivity contribution in [3.05, 3.63) is 0 Å². The van der Waals surface area contributed by atoms with Gasteiger partial charge >= 0.3 is 0 Å². The maximum Gasteiger partial charge on any atom is 0.217 e. The summed E-state index contributed by atoms with van der Waals surface area (Å²) in [5.41, 5.74) is -0.453. The number of rotatable bonds is 1. The Morgan fingerprint density at radius 3 is 2.73 bits per heavy atom. The Morgan fingerprint density at radius 1 is 1.47 bits per heavy atom. The molecule has 0 unspecified atom stereocenters. The molecule has 0 heterocycles. The van der Waals surface area contributed by atoms with Crippen LogP contribution < -0.4 is 5.32 Å². The van der Waals surface area contributed by atoms with Crippen LogP contribution in [0.3, 0.4) is 0 Å². The zero-order valence-corrected chi connectivity index (χ0v) is 9.43. The van der Waals surface area contributed by atoms with Gasteiger partial charge in [-0.2, -0.15) is 13.5 Å². The van der Waals surface area contributed by atoms with Crippen LogP contribution in [0.5, 0.6) is 0 Å². The average molecular weight is 231 g/mol. The number of Topliss-reactive ketones (excluding diaryl/α,β-unsaturated/α-hetero) is 1. The third kappa shape index (κ3) is 2.19. The van der Waals surface area contributed by atoms with E-state index in [1.807, 2.05) is 0 Å². The molecule has 2 aliphatic carbocycles. The van der Waals surface area contributed by atoms with Gasteiger partial charge in [0.1, 0.15) is 5.54 Å². The number of hydrogen-bond donors (Lipinski definition) is 1. The number of amides is 1. The highest BCUT2D eigenvalue weighted by Crippen LogP contribution is 2.45. The first-order chi connectivity index (χ1) is 6.15. The summed E-state index contributed by atoms with van der Waals surface area (Å²) in [6, 6.07) is 0. The lowest BCUT2D eigenvalue weighted by molar-refractivity contribution is -0.129. The minimum atomic E-state index is -0.453. The van der Waals surface area contributed by atoms with Gasteiger partial charge in [0.05, 0.1) is 0 Å². The molecule has 88 valence electrons. The fourth-order valence-electron chi connectivity index (χ4n) is 2.91. The van der Waals surface area contributed by atoms with Crippen molar-refractivity contribution in [2.24, 2.45) is 5.92 Å². The molecule has 2 saturated carbocycles. The van der Waals surface area contributed by atoms with Gasteiger partial charge in [0.2, 0.25) is 5.91 Å². The van der Waals surface area contributed by atoms with Crippen LogP contribution in [0.1, 0.15) is 46.5 Å². The molecule has 4 heteroatoms. The number of hydrogen-bond acceptors (Lipinski definition) is 2. The maximum absolute atomic E-state index is 11.7. The summed E-state index contributed by atoms with van der Waals surface area (Å²) >= 11 is 0. The van der Waals surface area contributed by atoms with Crippen molar-refractivity contribution in [1.82, 2.24) is 5.32 Å². The van der Waals surface area contributed by atoms with Crippen LogP contribution in [-0.4, -0.2) is 17.2 Å². The first-order valence-electron chi connectivity index (χ1n) is 4.97. The highest BCUT2D eigenvalue weighted by atomic mass is 32.1. The fourth-order valence-corrected chi connectivity index (χ4v) is 2.91. The Balaban J connectivity index is 0.000000980. The summed E-state index contributed by atoms with van der Waals surface area (Å²) in [5.74, 6) is 0.608. The van der Waals surface area contributed by atoms with Gasteiger partial charge in [-0.15, -0.1) is 0 Å². The van der Waals surface area contributed by atoms with Crippen LogP contribution in [0.4, 0.5) is 0 Å². The standard InChI is InChI=1S/C10H15NO2.CH4.H2S/c1-7(12)11-10-6-2-3-8(10)4-5-9(10)13;;/h8H,2-6H2,1H3,(H,11,12);1H4;1H2/t8-,10+;;/m0../s1. The average Bonchev–Trinajstić information content (AvgIpc) is 2.53. The molecule has 0 radical (unpaired) electrons. The second kappa shape index (κ2) is 5.01. The van der Waals surface area contributed by atoms with Crippen LogP contribution in [0.15, 0.2) is 0 Å². The Hall–Kier alpha value is -0.510. The van der Waals surface area contributed by atoms with Crippen molar-refractivity contribution < 1.29 is 9.59 Å². The van der Waals surface area contributed by atoms with Gasteiger partial charge in [-0.05, 0) is 25.2 Å². The number of ketones is 1. The van der Waals surface area contributed by atoms with E-state index in [0.717, 1.165) is 25.7 Å². The highest BCUT2D eigenvalue weighted by Gasteiger charge is 2.52. The number of fused-ring (bicyclic) bond motifs is 1. The van der Waals surface area contributed by atoms with Gasteiger partial charge in [-0.25, -0.2) is 0 Å². The molecule has 0 aromatic rings. The molecule has 1 N–H and O–H groups in total. The monoisotopic (exact) mass is 231 g/mol. The van der Waals surface area contributed by atoms with E-state index in [-0.39, 0.29) is 32.6 Å². The Morgan fingerprint density at radius 2 is 2.13 bits per heavy atom. The lowest BCUT2D eigenvalue weighted by Crippen LogP contribution is -2.52. The second-order valence-corrected chi connectivity index (χ2v) is 4.20. The summed E-state index contributed by atoms with van der Waals surface area (Å²) in [6.45, 7) is 1.50.